The van der Waals surface area contributed by atoms with E-state index >= 15 is 0 Å². The summed E-state index contributed by atoms with van der Waals surface area (Å²) in [6.45, 7) is -1.21. The molecule has 28 heavy (non-hydrogen) atoms. The van der Waals surface area contributed by atoms with Crippen LogP contribution >= 0.6 is 50.1 Å². The third-order valence-electron chi connectivity index (χ3n) is 3.29. The summed E-state index contributed by atoms with van der Waals surface area (Å²) in [4.78, 5) is 16.7. The normalized spacial score (nSPS) is 12.6. The van der Waals surface area contributed by atoms with E-state index in [-0.39, 0.29) is 15.7 Å². The van der Waals surface area contributed by atoms with Gasteiger partial charge < -0.3 is 10.4 Å². The molecule has 2 aromatic carbocycles. The maximum atomic E-state index is 13.9. The van der Waals surface area contributed by atoms with Crippen molar-refractivity contribution in [2.24, 2.45) is 0 Å². The highest BCUT2D eigenvalue weighted by Gasteiger charge is 2.38. The fourth-order valence-corrected chi connectivity index (χ4v) is 3.16. The molecule has 0 aliphatic rings. The van der Waals surface area contributed by atoms with Crippen molar-refractivity contribution in [1.82, 2.24) is 5.48 Å². The Morgan fingerprint density at radius 3 is 2.57 bits per heavy atom. The smallest absolute Gasteiger partial charge is 0.381 e. The first-order valence-electron chi connectivity index (χ1n) is 7.37. The van der Waals surface area contributed by atoms with E-state index in [0.29, 0.717) is 10.7 Å². The van der Waals surface area contributed by atoms with Crippen molar-refractivity contribution in [3.05, 3.63) is 54.8 Å². The molecule has 1 unspecified atom stereocenters. The van der Waals surface area contributed by atoms with Gasteiger partial charge in [0.05, 0.1) is 26.4 Å². The van der Waals surface area contributed by atoms with Gasteiger partial charge in [-0.3, -0.25) is 9.63 Å². The molecule has 1 amide bonds. The largest absolute Gasteiger partial charge is 0.416 e. The van der Waals surface area contributed by atoms with E-state index < -0.39 is 30.6 Å². The van der Waals surface area contributed by atoms with Gasteiger partial charge in [-0.2, -0.15) is 13.2 Å². The zero-order chi connectivity index (χ0) is 21.1. The molecule has 0 aromatic heterocycles. The van der Waals surface area contributed by atoms with Crippen LogP contribution in [0.15, 0.2) is 34.8 Å². The number of hydroxylamine groups is 1. The number of rotatable bonds is 6. The van der Waals surface area contributed by atoms with Crippen LogP contribution in [0.5, 0.6) is 0 Å². The van der Waals surface area contributed by atoms with Crippen molar-refractivity contribution < 1.29 is 32.3 Å². The molecule has 0 aliphatic carbocycles. The number of hydrogen-bond donors (Lipinski definition) is 3. The average molecular weight is 598 g/mol. The van der Waals surface area contributed by atoms with E-state index in [4.69, 9.17) is 16.7 Å². The number of benzene rings is 2. The first-order chi connectivity index (χ1) is 13.0. The van der Waals surface area contributed by atoms with E-state index in [1.165, 1.54) is 0 Å². The molecule has 2 rings (SSSR count). The van der Waals surface area contributed by atoms with Gasteiger partial charge >= 0.3 is 6.18 Å². The molecule has 0 heterocycles. The standard InChI is InChI=1S/C16H11BrClF4IN2O3/c17-9-4-8(15(27)25-28-6-14(26)16(20,21)22)13(5-11(9)19)24-12-2-1-7(23)3-10(12)18/h1-5,14,24,26H,6H2,(H,25,27). The number of carbonyl (C=O) groups is 1. The molecule has 152 valence electrons. The number of amides is 1. The Kier molecular flexibility index (Phi) is 7.90. The van der Waals surface area contributed by atoms with E-state index in [9.17, 15) is 22.4 Å². The minimum Gasteiger partial charge on any atom is -0.381 e. The van der Waals surface area contributed by atoms with Crippen molar-refractivity contribution in [1.29, 1.82) is 0 Å². The van der Waals surface area contributed by atoms with Crippen molar-refractivity contribution in [2.45, 2.75) is 12.3 Å². The minimum absolute atomic E-state index is 0.00118. The highest BCUT2D eigenvalue weighted by molar-refractivity contribution is 14.1. The Bertz CT molecular complexity index is 886. The number of halogens is 7. The van der Waals surface area contributed by atoms with Crippen LogP contribution in [-0.4, -0.2) is 29.9 Å². The van der Waals surface area contributed by atoms with Crippen molar-refractivity contribution in [3.8, 4) is 0 Å². The molecule has 1 atom stereocenters. The van der Waals surface area contributed by atoms with Crippen LogP contribution in [0.3, 0.4) is 0 Å². The fraction of sp³-hybridized carbons (Fsp3) is 0.188. The maximum absolute atomic E-state index is 13.9. The minimum atomic E-state index is -4.89. The number of alkyl halides is 3. The Balaban J connectivity index is 2.21. The monoisotopic (exact) mass is 596 g/mol. The predicted molar refractivity (Wildman–Crippen MR) is 107 cm³/mol. The van der Waals surface area contributed by atoms with E-state index in [1.807, 2.05) is 22.6 Å². The molecule has 0 radical (unpaired) electrons. The number of nitrogens with one attached hydrogen (secondary N) is 2. The maximum Gasteiger partial charge on any atom is 0.416 e. The van der Waals surface area contributed by atoms with Gasteiger partial charge in [-0.1, -0.05) is 11.6 Å². The van der Waals surface area contributed by atoms with E-state index in [0.717, 1.165) is 15.7 Å². The van der Waals surface area contributed by atoms with Crippen LogP contribution in [-0.2, 0) is 4.84 Å². The molecule has 3 N–H and O–H groups in total. The summed E-state index contributed by atoms with van der Waals surface area (Å²) in [5.74, 6) is -1.65. The fourth-order valence-electron chi connectivity index (χ4n) is 1.91. The zero-order valence-corrected chi connectivity index (χ0v) is 18.1. The molecular formula is C16H11BrClF4IN2O3. The zero-order valence-electron chi connectivity index (χ0n) is 13.6. The molecular weight excluding hydrogens is 586 g/mol. The van der Waals surface area contributed by atoms with Crippen LogP contribution in [0.25, 0.3) is 0 Å². The summed E-state index contributed by atoms with van der Waals surface area (Å²) < 4.78 is 51.5. The van der Waals surface area contributed by atoms with Crippen molar-refractivity contribution in [3.63, 3.8) is 0 Å². The number of anilines is 2. The lowest BCUT2D eigenvalue weighted by Gasteiger charge is -2.16. The van der Waals surface area contributed by atoms with Crippen LogP contribution < -0.4 is 10.8 Å². The molecule has 5 nitrogen and oxygen atoms in total. The Morgan fingerprint density at radius 1 is 1.29 bits per heavy atom. The highest BCUT2D eigenvalue weighted by atomic mass is 127. The first kappa shape index (κ1) is 23.1. The second kappa shape index (κ2) is 9.57. The molecule has 0 fully saturated rings. The van der Waals surface area contributed by atoms with Crippen molar-refractivity contribution >= 4 is 67.4 Å². The number of carbonyl (C=O) groups excluding carboxylic acids is 1. The van der Waals surface area contributed by atoms with Crippen LogP contribution in [0.4, 0.5) is 28.9 Å². The van der Waals surface area contributed by atoms with Crippen LogP contribution in [0.1, 0.15) is 10.4 Å². The lowest BCUT2D eigenvalue weighted by Crippen LogP contribution is -2.36. The second-order valence-corrected chi connectivity index (χ2v) is 7.87. The molecule has 0 bridgehead atoms. The molecule has 0 saturated carbocycles. The summed E-state index contributed by atoms with van der Waals surface area (Å²) in [6, 6.07) is 7.11. The van der Waals surface area contributed by atoms with Crippen molar-refractivity contribution in [2.75, 3.05) is 11.9 Å². The first-order valence-corrected chi connectivity index (χ1v) is 9.62. The van der Waals surface area contributed by atoms with Gasteiger partial charge in [-0.25, -0.2) is 9.87 Å². The Hall–Kier alpha value is -1.15. The van der Waals surface area contributed by atoms with Gasteiger partial charge in [0.25, 0.3) is 5.91 Å². The van der Waals surface area contributed by atoms with Gasteiger partial charge in [0.1, 0.15) is 12.4 Å². The highest BCUT2D eigenvalue weighted by Crippen LogP contribution is 2.31. The lowest BCUT2D eigenvalue weighted by atomic mass is 10.1. The summed E-state index contributed by atoms with van der Waals surface area (Å²) in [7, 11) is 0. The molecule has 0 spiro atoms. The van der Waals surface area contributed by atoms with Gasteiger partial charge in [0, 0.05) is 3.57 Å². The van der Waals surface area contributed by atoms with Crippen LogP contribution in [0.2, 0.25) is 5.02 Å². The van der Waals surface area contributed by atoms with E-state index in [1.54, 1.807) is 23.7 Å². The predicted octanol–water partition coefficient (Wildman–Crippen LogP) is 5.17. The SMILES string of the molecule is O=C(NOCC(O)C(F)(F)F)c1cc(Br)c(F)cc1Nc1ccc(I)cc1Cl. The van der Waals surface area contributed by atoms with E-state index in [2.05, 4.69) is 26.1 Å². The molecule has 0 saturated heterocycles. The Morgan fingerprint density at radius 2 is 1.96 bits per heavy atom. The number of aliphatic hydroxyl groups excluding tert-OH is 1. The van der Waals surface area contributed by atoms with Gasteiger partial charge in [-0.05, 0) is 68.9 Å². The quantitative estimate of drug-likeness (QED) is 0.244. The molecule has 2 aromatic rings. The summed E-state index contributed by atoms with van der Waals surface area (Å²) in [6.07, 6.45) is -7.66. The number of aliphatic hydroxyl groups is 1. The summed E-state index contributed by atoms with van der Waals surface area (Å²) >= 11 is 11.1. The molecule has 12 heteroatoms. The Labute approximate surface area is 183 Å². The van der Waals surface area contributed by atoms with Crippen LogP contribution in [0, 0.1) is 9.39 Å². The summed E-state index contributed by atoms with van der Waals surface area (Å²) in [5, 5.41) is 12.0. The van der Waals surface area contributed by atoms with Gasteiger partial charge in [-0.15, -0.1) is 0 Å². The summed E-state index contributed by atoms with van der Waals surface area (Å²) in [5.41, 5.74) is 2.03. The third kappa shape index (κ3) is 6.17. The number of hydrogen-bond acceptors (Lipinski definition) is 4. The topological polar surface area (TPSA) is 70.6 Å². The van der Waals surface area contributed by atoms with Gasteiger partial charge in [0.2, 0.25) is 0 Å². The van der Waals surface area contributed by atoms with Gasteiger partial charge in [0.15, 0.2) is 6.10 Å². The second-order valence-electron chi connectivity index (χ2n) is 5.36. The molecule has 0 aliphatic heterocycles. The third-order valence-corrected chi connectivity index (χ3v) is 4.88. The average Bonchev–Trinajstić information content (AvgIpc) is 2.59. The lowest BCUT2D eigenvalue weighted by molar-refractivity contribution is -0.221.